The molecule has 3 aliphatic rings. The lowest BCUT2D eigenvalue weighted by atomic mass is 9.71. The highest BCUT2D eigenvalue weighted by molar-refractivity contribution is 6.31. The molecular formula is C36H29Cl2FN4O4. The predicted molar refractivity (Wildman–Crippen MR) is 177 cm³/mol. The number of ether oxygens (including phenoxy) is 1. The number of likely N-dealkylation sites (tertiary alicyclic amines) is 1. The van der Waals surface area contributed by atoms with Crippen LogP contribution < -0.4 is 10.1 Å². The first-order valence-electron chi connectivity index (χ1n) is 15.4. The molecule has 0 unspecified atom stereocenters. The predicted octanol–water partition coefficient (Wildman–Crippen LogP) is 6.67. The summed E-state index contributed by atoms with van der Waals surface area (Å²) in [7, 11) is 0. The molecule has 47 heavy (non-hydrogen) atoms. The molecule has 4 aromatic carbocycles. The van der Waals surface area contributed by atoms with E-state index in [1.165, 1.54) is 6.07 Å². The van der Waals surface area contributed by atoms with E-state index in [0.29, 0.717) is 64.2 Å². The van der Waals surface area contributed by atoms with Crippen LogP contribution in [0.4, 0.5) is 10.1 Å². The molecular weight excluding hydrogens is 642 g/mol. The number of fused-ring (bicyclic) bond motifs is 7. The first-order valence-corrected chi connectivity index (χ1v) is 16.2. The van der Waals surface area contributed by atoms with E-state index in [1.807, 2.05) is 43.3 Å². The number of ketones is 1. The molecule has 8 nitrogen and oxygen atoms in total. The Balaban J connectivity index is 1.39. The third kappa shape index (κ3) is 4.37. The second-order valence-electron chi connectivity index (χ2n) is 12.2. The van der Waals surface area contributed by atoms with Gasteiger partial charge in [0.05, 0.1) is 22.7 Å². The van der Waals surface area contributed by atoms with E-state index in [-0.39, 0.29) is 17.0 Å². The summed E-state index contributed by atoms with van der Waals surface area (Å²) in [6, 6.07) is 22.9. The van der Waals surface area contributed by atoms with E-state index < -0.39 is 35.6 Å². The van der Waals surface area contributed by atoms with E-state index in [9.17, 15) is 14.7 Å². The third-order valence-electron chi connectivity index (χ3n) is 9.85. The molecule has 3 aliphatic heterocycles. The molecule has 238 valence electrons. The van der Waals surface area contributed by atoms with Gasteiger partial charge < -0.3 is 19.7 Å². The van der Waals surface area contributed by atoms with Gasteiger partial charge in [-0.2, -0.15) is 0 Å². The van der Waals surface area contributed by atoms with Crippen molar-refractivity contribution in [3.05, 3.63) is 123 Å². The minimum Gasteiger partial charge on any atom is -0.494 e. The number of benzene rings is 4. The number of anilines is 1. The highest BCUT2D eigenvalue weighted by Gasteiger charge is 2.69. The van der Waals surface area contributed by atoms with Crippen LogP contribution in [0, 0.1) is 5.82 Å². The number of aliphatic hydroxyl groups is 1. The molecule has 2 N–H and O–H groups in total. The Bertz CT molecular complexity index is 2120. The molecule has 0 saturated carbocycles. The van der Waals surface area contributed by atoms with Gasteiger partial charge in [0.15, 0.2) is 5.78 Å². The van der Waals surface area contributed by atoms with Gasteiger partial charge in [-0.1, -0.05) is 53.5 Å². The van der Waals surface area contributed by atoms with Crippen LogP contribution in [-0.2, 0) is 23.4 Å². The number of hydrogen-bond acceptors (Lipinski definition) is 6. The van der Waals surface area contributed by atoms with E-state index in [2.05, 4.69) is 14.8 Å². The fraction of sp³-hybridized carbons (Fsp3) is 0.250. The van der Waals surface area contributed by atoms with Gasteiger partial charge >= 0.3 is 0 Å². The second kappa shape index (κ2) is 11.2. The quantitative estimate of drug-likeness (QED) is 0.188. The lowest BCUT2D eigenvalue weighted by Gasteiger charge is -2.40. The second-order valence-corrected chi connectivity index (χ2v) is 13.0. The highest BCUT2D eigenvalue weighted by Crippen LogP contribution is 2.65. The number of carbonyl (C=O) groups excluding carboxylic acids is 2. The molecule has 1 fully saturated rings. The van der Waals surface area contributed by atoms with E-state index in [0.717, 1.165) is 11.1 Å². The topological polar surface area (TPSA) is 96.7 Å². The molecule has 1 spiro atoms. The largest absolute Gasteiger partial charge is 0.494 e. The zero-order valence-corrected chi connectivity index (χ0v) is 26.7. The van der Waals surface area contributed by atoms with Crippen molar-refractivity contribution < 1.29 is 23.8 Å². The van der Waals surface area contributed by atoms with Crippen molar-refractivity contribution in [2.24, 2.45) is 0 Å². The average molecular weight is 672 g/mol. The Morgan fingerprint density at radius 2 is 1.94 bits per heavy atom. The van der Waals surface area contributed by atoms with E-state index in [4.69, 9.17) is 32.9 Å². The highest BCUT2D eigenvalue weighted by atomic mass is 35.5. The van der Waals surface area contributed by atoms with Gasteiger partial charge in [-0.25, -0.2) is 9.37 Å². The molecule has 1 saturated heterocycles. The number of amides is 1. The average Bonchev–Trinajstić information content (AvgIpc) is 3.75. The molecule has 1 aromatic heterocycles. The van der Waals surface area contributed by atoms with Gasteiger partial charge in [-0.15, -0.1) is 0 Å². The SMILES string of the molecule is CCOc1cccc(CN2[C@H]3Cn4c(nc5cc(C(=O)CO)ccc54)[C@H]3[C@H](c3cccc(Cl)c3F)[C@]23C(=O)Nc2cc(Cl)ccc23)c1. The molecule has 0 bridgehead atoms. The van der Waals surface area contributed by atoms with Crippen molar-refractivity contribution in [2.75, 3.05) is 18.5 Å². The number of hydrogen-bond donors (Lipinski definition) is 2. The molecule has 5 aromatic rings. The Morgan fingerprint density at radius 3 is 2.74 bits per heavy atom. The van der Waals surface area contributed by atoms with Crippen LogP contribution in [0.5, 0.6) is 5.75 Å². The van der Waals surface area contributed by atoms with Crippen molar-refractivity contribution in [1.29, 1.82) is 0 Å². The van der Waals surface area contributed by atoms with Crippen molar-refractivity contribution >= 4 is 51.6 Å². The lowest BCUT2D eigenvalue weighted by Crippen LogP contribution is -2.52. The monoisotopic (exact) mass is 670 g/mol. The number of nitrogens with one attached hydrogen (secondary N) is 1. The summed E-state index contributed by atoms with van der Waals surface area (Å²) in [5, 5.41) is 13.0. The lowest BCUT2D eigenvalue weighted by molar-refractivity contribution is -0.128. The smallest absolute Gasteiger partial charge is 0.250 e. The van der Waals surface area contributed by atoms with Crippen molar-refractivity contribution in [3.63, 3.8) is 0 Å². The van der Waals surface area contributed by atoms with Gasteiger partial charge in [0.25, 0.3) is 0 Å². The van der Waals surface area contributed by atoms with Crippen molar-refractivity contribution in [2.45, 2.75) is 43.4 Å². The van der Waals surface area contributed by atoms with Gasteiger partial charge in [-0.3, -0.25) is 14.5 Å². The number of carbonyl (C=O) groups is 2. The van der Waals surface area contributed by atoms with Crippen LogP contribution in [0.3, 0.4) is 0 Å². The zero-order chi connectivity index (χ0) is 32.6. The first kappa shape index (κ1) is 30.1. The molecule has 8 rings (SSSR count). The first-order chi connectivity index (χ1) is 22.8. The molecule has 4 atom stereocenters. The Labute approximate surface area is 279 Å². The van der Waals surface area contributed by atoms with E-state index in [1.54, 1.807) is 36.4 Å². The summed E-state index contributed by atoms with van der Waals surface area (Å²) in [6.07, 6.45) is 0. The number of imidazole rings is 1. The number of aromatic nitrogens is 2. The van der Waals surface area contributed by atoms with Crippen molar-refractivity contribution in [1.82, 2.24) is 14.5 Å². The third-order valence-corrected chi connectivity index (χ3v) is 10.4. The van der Waals surface area contributed by atoms with Crippen LogP contribution in [0.1, 0.15) is 51.6 Å². The van der Waals surface area contributed by atoms with Gasteiger partial charge in [0.2, 0.25) is 5.91 Å². The maximum atomic E-state index is 16.4. The molecule has 0 aliphatic carbocycles. The number of halogens is 3. The minimum atomic E-state index is -1.36. The molecule has 4 heterocycles. The van der Waals surface area contributed by atoms with Crippen LogP contribution in [0.25, 0.3) is 11.0 Å². The summed E-state index contributed by atoms with van der Waals surface area (Å²) >= 11 is 12.9. The van der Waals surface area contributed by atoms with Gasteiger partial charge in [-0.05, 0) is 66.6 Å². The minimum absolute atomic E-state index is 0.0366. The number of aliphatic hydroxyl groups excluding tert-OH is 1. The van der Waals surface area contributed by atoms with Gasteiger partial charge in [0.1, 0.15) is 29.5 Å². The van der Waals surface area contributed by atoms with E-state index >= 15 is 4.39 Å². The standard InChI is InChI=1S/C36H29Cl2FN4O4/c1-2-47-22-6-3-5-19(13-22)16-43-29-17-42-28-12-9-20(30(45)18-44)14-27(28)40-34(42)31(29)32(23-7-4-8-25(38)33(23)39)36(43)24-11-10-21(37)15-26(24)41-35(36)46/h3-15,29,31-32,44H,2,16-18H2,1H3,(H,41,46)/t29-,31+,32-,36+/m0/s1. The van der Waals surface area contributed by atoms with Crippen molar-refractivity contribution in [3.8, 4) is 5.75 Å². The van der Waals surface area contributed by atoms with Crippen LogP contribution in [-0.4, -0.2) is 50.5 Å². The fourth-order valence-electron chi connectivity index (χ4n) is 8.10. The number of rotatable bonds is 7. The summed E-state index contributed by atoms with van der Waals surface area (Å²) in [5.74, 6) is -1.08. The maximum Gasteiger partial charge on any atom is 0.250 e. The zero-order valence-electron chi connectivity index (χ0n) is 25.2. The maximum absolute atomic E-state index is 16.4. The Kier molecular flexibility index (Phi) is 7.14. The summed E-state index contributed by atoms with van der Waals surface area (Å²) in [4.78, 5) is 34.3. The number of nitrogens with zero attached hydrogens (tertiary/aromatic N) is 3. The van der Waals surface area contributed by atoms with Crippen LogP contribution in [0.15, 0.2) is 78.9 Å². The Morgan fingerprint density at radius 1 is 1.11 bits per heavy atom. The molecule has 11 heteroatoms. The Hall–Kier alpha value is -4.28. The fourth-order valence-corrected chi connectivity index (χ4v) is 8.45. The summed E-state index contributed by atoms with van der Waals surface area (Å²) < 4.78 is 24.3. The normalized spacial score (nSPS) is 22.8. The van der Waals surface area contributed by atoms with Crippen LogP contribution >= 0.6 is 23.2 Å². The number of Topliss-reactive ketones (excluding diaryl/α,β-unsaturated/α-hetero) is 1. The van der Waals surface area contributed by atoms with Crippen LogP contribution in [0.2, 0.25) is 10.0 Å². The summed E-state index contributed by atoms with van der Waals surface area (Å²) in [5.41, 5.74) is 2.90. The molecule has 0 radical (unpaired) electrons. The van der Waals surface area contributed by atoms with Gasteiger partial charge in [0, 0.05) is 52.8 Å². The molecule has 1 amide bonds. The summed E-state index contributed by atoms with van der Waals surface area (Å²) in [6.45, 7) is 2.64.